The van der Waals surface area contributed by atoms with Crippen LogP contribution in [0.5, 0.6) is 0 Å². The van der Waals surface area contributed by atoms with E-state index >= 15 is 0 Å². The first-order valence-electron chi connectivity index (χ1n) is 11.5. The highest BCUT2D eigenvalue weighted by Crippen LogP contribution is 2.37. The van der Waals surface area contributed by atoms with Crippen LogP contribution in [0.15, 0.2) is 95.9 Å². The average Bonchev–Trinajstić information content (AvgIpc) is 2.90. The minimum absolute atomic E-state index is 0.0817. The van der Waals surface area contributed by atoms with E-state index in [4.69, 9.17) is 23.2 Å². The number of aryl methyl sites for hydroxylation is 1. The Bertz CT molecular complexity index is 1610. The largest absolute Gasteiger partial charge is 0.418 e. The second kappa shape index (κ2) is 11.3. The zero-order valence-electron chi connectivity index (χ0n) is 20.3. The van der Waals surface area contributed by atoms with Gasteiger partial charge in [0.05, 0.1) is 28.4 Å². The van der Waals surface area contributed by atoms with E-state index in [2.05, 4.69) is 5.32 Å². The molecule has 0 heterocycles. The summed E-state index contributed by atoms with van der Waals surface area (Å²) >= 11 is 11.9. The Morgan fingerprint density at radius 2 is 1.49 bits per heavy atom. The van der Waals surface area contributed by atoms with Crippen molar-refractivity contribution in [3.05, 3.63) is 123 Å². The average molecular weight is 593 g/mol. The fourth-order valence-electron chi connectivity index (χ4n) is 3.85. The predicted octanol–water partition coefficient (Wildman–Crippen LogP) is 7.97. The van der Waals surface area contributed by atoms with Crippen LogP contribution in [-0.2, 0) is 22.7 Å². The topological polar surface area (TPSA) is 66.5 Å². The molecule has 0 atom stereocenters. The lowest BCUT2D eigenvalue weighted by molar-refractivity contribution is -0.136. The summed E-state index contributed by atoms with van der Waals surface area (Å²) in [4.78, 5) is 12.8. The van der Waals surface area contributed by atoms with Gasteiger partial charge in [0.1, 0.15) is 0 Å². The number of nitrogens with one attached hydrogen (secondary N) is 1. The van der Waals surface area contributed by atoms with E-state index in [1.54, 1.807) is 43.3 Å². The lowest BCUT2D eigenvalue weighted by atomic mass is 10.1. The van der Waals surface area contributed by atoms with Gasteiger partial charge in [-0.3, -0.25) is 9.10 Å². The number of alkyl halides is 3. The molecular weight excluding hydrogens is 572 g/mol. The second-order valence-electron chi connectivity index (χ2n) is 8.59. The van der Waals surface area contributed by atoms with Gasteiger partial charge in [-0.25, -0.2) is 8.42 Å². The van der Waals surface area contributed by atoms with Crippen LogP contribution >= 0.6 is 23.2 Å². The number of anilines is 2. The Morgan fingerprint density at radius 3 is 2.13 bits per heavy atom. The summed E-state index contributed by atoms with van der Waals surface area (Å²) in [5.41, 5.74) is 0.177. The molecule has 4 aromatic carbocycles. The molecule has 4 rings (SSSR count). The first kappa shape index (κ1) is 28.5. The quantitative estimate of drug-likeness (QED) is 0.236. The SMILES string of the molecule is Cc1ccc(Cl)cc1N(Cc1ccc(C(=O)Nc2ccc(Cl)cc2C(F)(F)F)cc1)S(=O)(=O)c1ccccc1. The Hall–Kier alpha value is -3.53. The molecule has 1 amide bonds. The smallest absolute Gasteiger partial charge is 0.321 e. The third-order valence-electron chi connectivity index (χ3n) is 5.85. The number of carbonyl (C=O) groups is 1. The Balaban J connectivity index is 1.63. The van der Waals surface area contributed by atoms with Crippen molar-refractivity contribution < 1.29 is 26.4 Å². The van der Waals surface area contributed by atoms with E-state index in [9.17, 15) is 26.4 Å². The minimum atomic E-state index is -4.72. The van der Waals surface area contributed by atoms with E-state index in [1.165, 1.54) is 46.8 Å². The molecule has 0 saturated heterocycles. The van der Waals surface area contributed by atoms with Crippen molar-refractivity contribution in [2.75, 3.05) is 9.62 Å². The molecule has 0 aliphatic carbocycles. The van der Waals surface area contributed by atoms with Crippen molar-refractivity contribution in [3.63, 3.8) is 0 Å². The summed E-state index contributed by atoms with van der Waals surface area (Å²) in [7, 11) is -4.00. The minimum Gasteiger partial charge on any atom is -0.321 e. The molecule has 0 aliphatic rings. The Labute approximate surface area is 233 Å². The molecular formula is C28H21Cl2F3N2O3S. The summed E-state index contributed by atoms with van der Waals surface area (Å²) in [6.07, 6.45) is -4.72. The number of hydrogen-bond acceptors (Lipinski definition) is 3. The molecule has 0 aliphatic heterocycles. The van der Waals surface area contributed by atoms with Crippen LogP contribution in [0.3, 0.4) is 0 Å². The van der Waals surface area contributed by atoms with Gasteiger partial charge < -0.3 is 5.32 Å². The number of halogens is 5. The third kappa shape index (κ3) is 6.55. The maximum atomic E-state index is 13.6. The molecule has 0 spiro atoms. The van der Waals surface area contributed by atoms with E-state index in [1.807, 2.05) is 0 Å². The fraction of sp³-hybridized carbons (Fsp3) is 0.107. The third-order valence-corrected chi connectivity index (χ3v) is 8.09. The monoisotopic (exact) mass is 592 g/mol. The number of amides is 1. The highest BCUT2D eigenvalue weighted by atomic mass is 35.5. The Morgan fingerprint density at radius 1 is 0.872 bits per heavy atom. The standard InChI is InChI=1S/C28H21Cl2F3N2O3S/c1-18-7-12-22(30)16-26(18)35(39(37,38)23-5-3-2-4-6-23)17-19-8-10-20(11-9-19)27(36)34-25-14-13-21(29)15-24(25)28(31,32)33/h2-16H,17H2,1H3,(H,34,36). The van der Waals surface area contributed by atoms with E-state index in [0.717, 1.165) is 12.1 Å². The molecule has 0 fully saturated rings. The van der Waals surface area contributed by atoms with Gasteiger partial charge >= 0.3 is 6.18 Å². The van der Waals surface area contributed by atoms with Gasteiger partial charge in [-0.1, -0.05) is 59.6 Å². The predicted molar refractivity (Wildman–Crippen MR) is 147 cm³/mol. The maximum absolute atomic E-state index is 13.6. The van der Waals surface area contributed by atoms with Crippen molar-refractivity contribution in [2.45, 2.75) is 24.5 Å². The number of nitrogens with zero attached hydrogens (tertiary/aromatic N) is 1. The molecule has 202 valence electrons. The van der Waals surface area contributed by atoms with Gasteiger partial charge in [-0.15, -0.1) is 0 Å². The number of benzene rings is 4. The van der Waals surface area contributed by atoms with Gasteiger partial charge in [0.15, 0.2) is 0 Å². The van der Waals surface area contributed by atoms with Crippen molar-refractivity contribution in [1.29, 1.82) is 0 Å². The summed E-state index contributed by atoms with van der Waals surface area (Å²) in [6.45, 7) is 1.67. The van der Waals surface area contributed by atoms with Crippen molar-refractivity contribution in [2.24, 2.45) is 0 Å². The highest BCUT2D eigenvalue weighted by molar-refractivity contribution is 7.92. The van der Waals surface area contributed by atoms with Crippen molar-refractivity contribution in [1.82, 2.24) is 0 Å². The van der Waals surface area contributed by atoms with Crippen molar-refractivity contribution >= 4 is 50.5 Å². The second-order valence-corrected chi connectivity index (χ2v) is 11.3. The van der Waals surface area contributed by atoms with Crippen LogP contribution in [0, 0.1) is 6.92 Å². The van der Waals surface area contributed by atoms with E-state index in [-0.39, 0.29) is 22.0 Å². The molecule has 0 aromatic heterocycles. The van der Waals surface area contributed by atoms with Crippen LogP contribution in [0.4, 0.5) is 24.5 Å². The van der Waals surface area contributed by atoms with Crippen LogP contribution < -0.4 is 9.62 Å². The zero-order chi connectivity index (χ0) is 28.4. The van der Waals surface area contributed by atoms with Gasteiger partial charge in [-0.05, 0) is 72.6 Å². The van der Waals surface area contributed by atoms with Crippen LogP contribution in [-0.4, -0.2) is 14.3 Å². The van der Waals surface area contributed by atoms with E-state index in [0.29, 0.717) is 21.8 Å². The van der Waals surface area contributed by atoms with E-state index < -0.39 is 33.4 Å². The Kier molecular flexibility index (Phi) is 8.25. The lowest BCUT2D eigenvalue weighted by Crippen LogP contribution is -2.31. The number of sulfonamides is 1. The number of hydrogen-bond donors (Lipinski definition) is 1. The molecule has 11 heteroatoms. The van der Waals surface area contributed by atoms with Crippen molar-refractivity contribution in [3.8, 4) is 0 Å². The summed E-state index contributed by atoms with van der Waals surface area (Å²) in [6, 6.07) is 21.8. The summed E-state index contributed by atoms with van der Waals surface area (Å²) in [5, 5.41) is 2.51. The van der Waals surface area contributed by atoms with Crippen LogP contribution in [0.2, 0.25) is 10.0 Å². The molecule has 39 heavy (non-hydrogen) atoms. The van der Waals surface area contributed by atoms with Crippen LogP contribution in [0.25, 0.3) is 0 Å². The maximum Gasteiger partial charge on any atom is 0.418 e. The number of carbonyl (C=O) groups excluding carboxylic acids is 1. The molecule has 0 saturated carbocycles. The first-order chi connectivity index (χ1) is 18.4. The molecule has 5 nitrogen and oxygen atoms in total. The molecule has 0 bridgehead atoms. The summed E-state index contributed by atoms with van der Waals surface area (Å²) in [5.74, 6) is -0.770. The van der Waals surface area contributed by atoms with Crippen LogP contribution in [0.1, 0.15) is 27.0 Å². The lowest BCUT2D eigenvalue weighted by Gasteiger charge is -2.26. The molecule has 1 N–H and O–H groups in total. The van der Waals surface area contributed by atoms with Gasteiger partial charge in [0.25, 0.3) is 15.9 Å². The highest BCUT2D eigenvalue weighted by Gasteiger charge is 2.34. The number of rotatable bonds is 7. The van der Waals surface area contributed by atoms with Gasteiger partial charge in [0.2, 0.25) is 0 Å². The summed E-state index contributed by atoms with van der Waals surface area (Å²) < 4.78 is 68.7. The molecule has 4 aromatic rings. The zero-order valence-corrected chi connectivity index (χ0v) is 22.7. The molecule has 0 unspecified atom stereocenters. The normalized spacial score (nSPS) is 11.7. The fourth-order valence-corrected chi connectivity index (χ4v) is 5.72. The van der Waals surface area contributed by atoms with Gasteiger partial charge in [-0.2, -0.15) is 13.2 Å². The first-order valence-corrected chi connectivity index (χ1v) is 13.7. The van der Waals surface area contributed by atoms with Gasteiger partial charge in [0, 0.05) is 15.6 Å². The molecule has 0 radical (unpaired) electrons.